The molecule has 0 bridgehead atoms. The van der Waals surface area contributed by atoms with Crippen LogP contribution in [-0.2, 0) is 9.59 Å². The number of carbonyl (C=O) groups excluding carboxylic acids is 2. The number of likely N-dealkylation sites (N-methyl/N-ethyl adjacent to an activating group) is 1. The number of amides is 2. The molecule has 0 atom stereocenters. The summed E-state index contributed by atoms with van der Waals surface area (Å²) in [6.07, 6.45) is 0. The maximum Gasteiger partial charge on any atom is 0.282 e. The van der Waals surface area contributed by atoms with Crippen molar-refractivity contribution in [1.29, 1.82) is 0 Å². The fraction of sp³-hybridized carbons (Fsp3) is 0.241. The topological polar surface area (TPSA) is 49.9 Å². The van der Waals surface area contributed by atoms with Crippen molar-refractivity contribution in [3.8, 4) is 5.75 Å². The van der Waals surface area contributed by atoms with E-state index >= 15 is 0 Å². The Morgan fingerprint density at radius 1 is 0.853 bits per heavy atom. The molecule has 4 rings (SSSR count). The average Bonchev–Trinajstić information content (AvgIpc) is 3.09. The van der Waals surface area contributed by atoms with Crippen LogP contribution in [0.15, 0.2) is 78.5 Å². The molecule has 0 radical (unpaired) electrons. The van der Waals surface area contributed by atoms with Crippen molar-refractivity contribution >= 4 is 28.8 Å². The highest BCUT2D eigenvalue weighted by Crippen LogP contribution is 2.37. The van der Waals surface area contributed by atoms with Gasteiger partial charge in [0, 0.05) is 12.7 Å². The first-order chi connectivity index (χ1) is 16.3. The maximum atomic E-state index is 13.7. The molecule has 0 unspecified atom stereocenters. The van der Waals surface area contributed by atoms with Crippen LogP contribution in [0.2, 0.25) is 0 Å². The van der Waals surface area contributed by atoms with Gasteiger partial charge in [0.25, 0.3) is 11.8 Å². The van der Waals surface area contributed by atoms with Crippen molar-refractivity contribution in [3.05, 3.63) is 95.2 Å². The quantitative estimate of drug-likeness (QED) is 0.426. The lowest BCUT2D eigenvalue weighted by molar-refractivity contribution is -0.120. The Labute approximate surface area is 201 Å². The number of anilines is 2. The van der Waals surface area contributed by atoms with E-state index in [1.54, 1.807) is 29.2 Å². The SMILES string of the molecule is Cc1ccc(C2=C(N(C)c3ccccc3)C(=O)N(c3ccc(OCC(C)C)cc3)C2=O)cc1C. The molecule has 0 aromatic heterocycles. The minimum atomic E-state index is -0.347. The average molecular weight is 455 g/mol. The number of hydrogen-bond acceptors (Lipinski definition) is 4. The smallest absolute Gasteiger partial charge is 0.282 e. The summed E-state index contributed by atoms with van der Waals surface area (Å²) in [5.74, 6) is 0.435. The highest BCUT2D eigenvalue weighted by Gasteiger charge is 2.42. The Bertz CT molecular complexity index is 1240. The van der Waals surface area contributed by atoms with Crippen LogP contribution in [-0.4, -0.2) is 25.5 Å². The highest BCUT2D eigenvalue weighted by molar-refractivity contribution is 6.46. The molecule has 0 spiro atoms. The Morgan fingerprint density at radius 3 is 2.15 bits per heavy atom. The van der Waals surface area contributed by atoms with E-state index in [1.807, 2.05) is 69.4 Å². The Balaban J connectivity index is 1.76. The molecule has 3 aromatic carbocycles. The first-order valence-electron chi connectivity index (χ1n) is 11.5. The normalized spacial score (nSPS) is 13.8. The van der Waals surface area contributed by atoms with Gasteiger partial charge in [0.05, 0.1) is 17.9 Å². The monoisotopic (exact) mass is 454 g/mol. The van der Waals surface area contributed by atoms with E-state index in [4.69, 9.17) is 4.74 Å². The van der Waals surface area contributed by atoms with Crippen molar-refractivity contribution in [3.63, 3.8) is 0 Å². The van der Waals surface area contributed by atoms with E-state index in [2.05, 4.69) is 13.8 Å². The van der Waals surface area contributed by atoms with Crippen molar-refractivity contribution in [2.24, 2.45) is 5.92 Å². The number of aryl methyl sites for hydroxylation is 2. The molecule has 0 saturated heterocycles. The lowest BCUT2D eigenvalue weighted by Gasteiger charge is -2.21. The second-order valence-electron chi connectivity index (χ2n) is 9.06. The number of hydrogen-bond donors (Lipinski definition) is 0. The molecular weight excluding hydrogens is 424 g/mol. The van der Waals surface area contributed by atoms with Crippen LogP contribution in [0.1, 0.15) is 30.5 Å². The number of benzene rings is 3. The summed E-state index contributed by atoms with van der Waals surface area (Å²) >= 11 is 0. The van der Waals surface area contributed by atoms with Crippen LogP contribution in [0.4, 0.5) is 11.4 Å². The number of para-hydroxylation sites is 1. The van der Waals surface area contributed by atoms with E-state index in [1.165, 1.54) is 4.90 Å². The second-order valence-corrected chi connectivity index (χ2v) is 9.06. The number of nitrogens with zero attached hydrogens (tertiary/aromatic N) is 2. The predicted octanol–water partition coefficient (Wildman–Crippen LogP) is 5.76. The van der Waals surface area contributed by atoms with Crippen molar-refractivity contribution in [2.45, 2.75) is 27.7 Å². The molecule has 5 nitrogen and oxygen atoms in total. The van der Waals surface area contributed by atoms with Crippen LogP contribution in [0.5, 0.6) is 5.75 Å². The Kier molecular flexibility index (Phi) is 6.55. The zero-order valence-corrected chi connectivity index (χ0v) is 20.3. The molecule has 0 N–H and O–H groups in total. The summed E-state index contributed by atoms with van der Waals surface area (Å²) in [6.45, 7) is 8.81. The third-order valence-corrected chi connectivity index (χ3v) is 6.01. The van der Waals surface area contributed by atoms with Gasteiger partial charge in [-0.15, -0.1) is 0 Å². The standard InChI is InChI=1S/C29H30N2O3/c1-19(2)18-34-25-15-13-24(14-16-25)31-28(32)26(22-12-11-20(3)21(4)17-22)27(29(31)33)30(5)23-9-7-6-8-10-23/h6-17,19H,18H2,1-5H3. The molecule has 1 aliphatic rings. The molecule has 2 amide bonds. The van der Waals surface area contributed by atoms with Crippen LogP contribution in [0.25, 0.3) is 5.57 Å². The van der Waals surface area contributed by atoms with Gasteiger partial charge in [0.1, 0.15) is 11.4 Å². The molecular formula is C29H30N2O3. The number of carbonyl (C=O) groups is 2. The zero-order chi connectivity index (χ0) is 24.4. The van der Waals surface area contributed by atoms with Gasteiger partial charge in [0.15, 0.2) is 0 Å². The molecule has 0 saturated carbocycles. The summed E-state index contributed by atoms with van der Waals surface area (Å²) in [5, 5.41) is 0. The van der Waals surface area contributed by atoms with Gasteiger partial charge in [0.2, 0.25) is 0 Å². The minimum absolute atomic E-state index is 0.332. The minimum Gasteiger partial charge on any atom is -0.493 e. The fourth-order valence-corrected chi connectivity index (χ4v) is 3.96. The van der Waals surface area contributed by atoms with E-state index in [0.29, 0.717) is 35.2 Å². The van der Waals surface area contributed by atoms with Gasteiger partial charge in [-0.2, -0.15) is 0 Å². The largest absolute Gasteiger partial charge is 0.493 e. The fourth-order valence-electron chi connectivity index (χ4n) is 3.96. The molecule has 0 aliphatic carbocycles. The summed E-state index contributed by atoms with van der Waals surface area (Å²) < 4.78 is 5.76. The van der Waals surface area contributed by atoms with E-state index < -0.39 is 0 Å². The first-order valence-corrected chi connectivity index (χ1v) is 11.5. The molecule has 1 heterocycles. The van der Waals surface area contributed by atoms with E-state index in [0.717, 1.165) is 22.4 Å². The molecule has 34 heavy (non-hydrogen) atoms. The molecule has 5 heteroatoms. The summed E-state index contributed by atoms with van der Waals surface area (Å²) in [7, 11) is 1.82. The van der Waals surface area contributed by atoms with Gasteiger partial charge < -0.3 is 9.64 Å². The molecule has 3 aromatic rings. The predicted molar refractivity (Wildman–Crippen MR) is 137 cm³/mol. The van der Waals surface area contributed by atoms with Crippen LogP contribution >= 0.6 is 0 Å². The summed E-state index contributed by atoms with van der Waals surface area (Å²) in [4.78, 5) is 30.5. The Hall–Kier alpha value is -3.86. The van der Waals surface area contributed by atoms with Gasteiger partial charge >= 0.3 is 0 Å². The highest BCUT2D eigenvalue weighted by atomic mass is 16.5. The number of imide groups is 1. The van der Waals surface area contributed by atoms with Gasteiger partial charge in [-0.1, -0.05) is 50.2 Å². The van der Waals surface area contributed by atoms with Crippen LogP contribution < -0.4 is 14.5 Å². The lowest BCUT2D eigenvalue weighted by atomic mass is 9.99. The summed E-state index contributed by atoms with van der Waals surface area (Å²) in [5.41, 5.74) is 5.05. The summed E-state index contributed by atoms with van der Waals surface area (Å²) in [6, 6.07) is 22.6. The molecule has 0 fully saturated rings. The van der Waals surface area contributed by atoms with Gasteiger partial charge in [-0.25, -0.2) is 4.90 Å². The van der Waals surface area contributed by atoms with Crippen molar-refractivity contribution in [1.82, 2.24) is 0 Å². The van der Waals surface area contributed by atoms with Crippen molar-refractivity contribution in [2.75, 3.05) is 23.5 Å². The van der Waals surface area contributed by atoms with Crippen LogP contribution in [0, 0.1) is 19.8 Å². The van der Waals surface area contributed by atoms with Gasteiger partial charge in [-0.3, -0.25) is 9.59 Å². The number of rotatable bonds is 7. The molecule has 1 aliphatic heterocycles. The van der Waals surface area contributed by atoms with E-state index in [9.17, 15) is 9.59 Å². The lowest BCUT2D eigenvalue weighted by Crippen LogP contribution is -2.34. The Morgan fingerprint density at radius 2 is 1.53 bits per heavy atom. The maximum absolute atomic E-state index is 13.7. The second kappa shape index (κ2) is 9.56. The number of ether oxygens (including phenoxy) is 1. The zero-order valence-electron chi connectivity index (χ0n) is 20.3. The molecule has 174 valence electrons. The first kappa shape index (κ1) is 23.3. The third-order valence-electron chi connectivity index (χ3n) is 6.01. The van der Waals surface area contributed by atoms with E-state index in [-0.39, 0.29) is 11.8 Å². The van der Waals surface area contributed by atoms with Crippen LogP contribution in [0.3, 0.4) is 0 Å². The van der Waals surface area contributed by atoms with Gasteiger partial charge in [-0.05, 0) is 72.9 Å². The third kappa shape index (κ3) is 4.46. The van der Waals surface area contributed by atoms with Crippen molar-refractivity contribution < 1.29 is 14.3 Å².